The number of halogens is 3. The van der Waals surface area contributed by atoms with Crippen LogP contribution in [0.4, 0.5) is 8.78 Å². The molecule has 0 aromatic carbocycles. The number of carbonyl (C=O) groups excluding carboxylic acids is 1. The zero-order valence-electron chi connectivity index (χ0n) is 3.83. The van der Waals surface area contributed by atoms with Crippen molar-refractivity contribution in [3.63, 3.8) is 0 Å². The van der Waals surface area contributed by atoms with Gasteiger partial charge < -0.3 is 0 Å². The molecule has 0 aromatic heterocycles. The summed E-state index contributed by atoms with van der Waals surface area (Å²) < 4.78 is 23.0. The Labute approximate surface area is 53.2 Å². The van der Waals surface area contributed by atoms with E-state index in [0.717, 1.165) is 0 Å². The van der Waals surface area contributed by atoms with Gasteiger partial charge in [0.1, 0.15) is 0 Å². The Morgan fingerprint density at radius 2 is 2.12 bits per heavy atom. The van der Waals surface area contributed by atoms with E-state index in [1.807, 2.05) is 0 Å². The zero-order valence-corrected chi connectivity index (χ0v) is 5.41. The molecule has 4 heteroatoms. The molecule has 1 aliphatic rings. The molecule has 1 unspecified atom stereocenters. The standard InChI is InChI=1S/C4H3BrF2O/c5-3(8)2-1-4(2,6)7/h2H,1H2. The van der Waals surface area contributed by atoms with Crippen molar-refractivity contribution in [3.8, 4) is 0 Å². The van der Waals surface area contributed by atoms with Gasteiger partial charge in [0, 0.05) is 6.42 Å². The molecular weight excluding hydrogens is 182 g/mol. The first-order valence-corrected chi connectivity index (χ1v) is 2.90. The van der Waals surface area contributed by atoms with Crippen LogP contribution in [0.2, 0.25) is 0 Å². The van der Waals surface area contributed by atoms with Gasteiger partial charge >= 0.3 is 0 Å². The maximum Gasteiger partial charge on any atom is 0.259 e. The molecule has 0 bridgehead atoms. The summed E-state index contributed by atoms with van der Waals surface area (Å²) in [6.45, 7) is 0. The molecule has 0 spiro atoms. The molecule has 0 saturated heterocycles. The maximum atomic E-state index is 11.8. The lowest BCUT2D eigenvalue weighted by atomic mass is 10.5. The molecule has 1 fully saturated rings. The molecule has 1 saturated carbocycles. The van der Waals surface area contributed by atoms with Gasteiger partial charge in [-0.1, -0.05) is 0 Å². The van der Waals surface area contributed by atoms with E-state index >= 15 is 0 Å². The van der Waals surface area contributed by atoms with Crippen LogP contribution in [0.25, 0.3) is 0 Å². The van der Waals surface area contributed by atoms with Crippen LogP contribution in [0.15, 0.2) is 0 Å². The molecule has 1 nitrogen and oxygen atoms in total. The van der Waals surface area contributed by atoms with Gasteiger partial charge in [0.2, 0.25) is 4.69 Å². The monoisotopic (exact) mass is 184 g/mol. The van der Waals surface area contributed by atoms with Gasteiger partial charge in [0.25, 0.3) is 5.92 Å². The second-order valence-electron chi connectivity index (χ2n) is 1.82. The highest BCUT2D eigenvalue weighted by Gasteiger charge is 2.60. The highest BCUT2D eigenvalue weighted by molar-refractivity contribution is 9.18. The van der Waals surface area contributed by atoms with Crippen LogP contribution in [0.5, 0.6) is 0 Å². The molecule has 0 heterocycles. The number of carbonyl (C=O) groups is 1. The lowest BCUT2D eigenvalue weighted by molar-refractivity contribution is -0.113. The average molecular weight is 185 g/mol. The van der Waals surface area contributed by atoms with Gasteiger partial charge in [-0.25, -0.2) is 8.78 Å². The molecule has 0 radical (unpaired) electrons. The minimum absolute atomic E-state index is 0.281. The molecule has 1 atom stereocenters. The van der Waals surface area contributed by atoms with Crippen LogP contribution >= 0.6 is 15.9 Å². The van der Waals surface area contributed by atoms with Gasteiger partial charge in [-0.3, -0.25) is 4.79 Å². The van der Waals surface area contributed by atoms with Crippen LogP contribution in [0.1, 0.15) is 6.42 Å². The molecule has 1 rings (SSSR count). The summed E-state index contributed by atoms with van der Waals surface area (Å²) in [4.78, 5) is 10.1. The summed E-state index contributed by atoms with van der Waals surface area (Å²) in [5, 5.41) is 0. The van der Waals surface area contributed by atoms with E-state index in [1.54, 1.807) is 0 Å². The smallest absolute Gasteiger partial charge is 0.259 e. The first-order chi connectivity index (χ1) is 3.54. The summed E-state index contributed by atoms with van der Waals surface area (Å²) in [5.74, 6) is -3.75. The van der Waals surface area contributed by atoms with Crippen LogP contribution < -0.4 is 0 Å². The summed E-state index contributed by atoms with van der Waals surface area (Å²) in [5.41, 5.74) is 0. The largest absolute Gasteiger partial charge is 0.286 e. The first kappa shape index (κ1) is 6.13. The normalized spacial score (nSPS) is 32.1. The van der Waals surface area contributed by atoms with E-state index in [1.165, 1.54) is 0 Å². The lowest BCUT2D eigenvalue weighted by Crippen LogP contribution is -1.98. The number of alkyl halides is 2. The van der Waals surface area contributed by atoms with Crippen molar-refractivity contribution >= 4 is 20.6 Å². The molecule has 0 amide bonds. The number of hydrogen-bond acceptors (Lipinski definition) is 1. The van der Waals surface area contributed by atoms with E-state index in [9.17, 15) is 13.6 Å². The van der Waals surface area contributed by atoms with Crippen molar-refractivity contribution in [2.45, 2.75) is 12.3 Å². The van der Waals surface area contributed by atoms with Crippen molar-refractivity contribution in [2.75, 3.05) is 0 Å². The summed E-state index contributed by atoms with van der Waals surface area (Å²) in [6, 6.07) is 0. The predicted molar refractivity (Wildman–Crippen MR) is 27.0 cm³/mol. The van der Waals surface area contributed by atoms with Crippen LogP contribution in [0, 0.1) is 5.92 Å². The van der Waals surface area contributed by atoms with Crippen molar-refractivity contribution in [1.82, 2.24) is 0 Å². The summed E-state index contributed by atoms with van der Waals surface area (Å²) in [7, 11) is 0. The van der Waals surface area contributed by atoms with Gasteiger partial charge in [-0.2, -0.15) is 0 Å². The van der Waals surface area contributed by atoms with Crippen molar-refractivity contribution in [1.29, 1.82) is 0 Å². The van der Waals surface area contributed by atoms with Crippen molar-refractivity contribution < 1.29 is 13.6 Å². The highest BCUT2D eigenvalue weighted by atomic mass is 79.9. The van der Waals surface area contributed by atoms with Crippen LogP contribution in [-0.4, -0.2) is 10.6 Å². The lowest BCUT2D eigenvalue weighted by Gasteiger charge is -1.85. The Bertz CT molecular complexity index is 134. The fourth-order valence-corrected chi connectivity index (χ4v) is 0.956. The molecule has 1 aliphatic carbocycles. The second kappa shape index (κ2) is 1.50. The predicted octanol–water partition coefficient (Wildman–Crippen LogP) is 1.56. The van der Waals surface area contributed by atoms with Crippen molar-refractivity contribution in [2.24, 2.45) is 5.92 Å². The van der Waals surface area contributed by atoms with Gasteiger partial charge in [0.05, 0.1) is 5.92 Å². The second-order valence-corrected chi connectivity index (χ2v) is 2.60. The van der Waals surface area contributed by atoms with E-state index < -0.39 is 16.5 Å². The Hall–Kier alpha value is 0.01000. The zero-order chi connectivity index (χ0) is 6.36. The molecule has 46 valence electrons. The van der Waals surface area contributed by atoms with E-state index in [2.05, 4.69) is 15.9 Å². The fourth-order valence-electron chi connectivity index (χ4n) is 0.459. The first-order valence-electron chi connectivity index (χ1n) is 2.11. The molecule has 8 heavy (non-hydrogen) atoms. The van der Waals surface area contributed by atoms with Crippen LogP contribution in [-0.2, 0) is 4.79 Å². The van der Waals surface area contributed by atoms with E-state index in [4.69, 9.17) is 0 Å². The Morgan fingerprint density at radius 3 is 2.12 bits per heavy atom. The molecule has 0 N–H and O–H groups in total. The van der Waals surface area contributed by atoms with Gasteiger partial charge in [0.15, 0.2) is 0 Å². The Morgan fingerprint density at radius 1 is 1.75 bits per heavy atom. The SMILES string of the molecule is O=C(Br)C1CC1(F)F. The van der Waals surface area contributed by atoms with E-state index in [0.29, 0.717) is 0 Å². The molecule has 0 aliphatic heterocycles. The quantitative estimate of drug-likeness (QED) is 0.566. The van der Waals surface area contributed by atoms with Gasteiger partial charge in [-0.05, 0) is 15.9 Å². The topological polar surface area (TPSA) is 17.1 Å². The molecule has 0 aromatic rings. The van der Waals surface area contributed by atoms with Gasteiger partial charge in [-0.15, -0.1) is 0 Å². The third kappa shape index (κ3) is 0.891. The fraction of sp³-hybridized carbons (Fsp3) is 0.750. The molecular formula is C4H3BrF2O. The summed E-state index contributed by atoms with van der Waals surface area (Å²) >= 11 is 2.46. The Balaban J connectivity index is 2.48. The maximum absolute atomic E-state index is 11.8. The third-order valence-electron chi connectivity index (χ3n) is 1.10. The summed E-state index contributed by atoms with van der Waals surface area (Å²) in [6.07, 6.45) is -0.281. The third-order valence-corrected chi connectivity index (χ3v) is 1.65. The van der Waals surface area contributed by atoms with Crippen LogP contribution in [0.3, 0.4) is 0 Å². The minimum Gasteiger partial charge on any atom is -0.286 e. The highest BCUT2D eigenvalue weighted by Crippen LogP contribution is 2.49. The minimum atomic E-state index is -2.71. The van der Waals surface area contributed by atoms with Crippen molar-refractivity contribution in [3.05, 3.63) is 0 Å². The number of rotatable bonds is 1. The Kier molecular flexibility index (Phi) is 1.15. The number of hydrogen-bond donors (Lipinski definition) is 0. The average Bonchev–Trinajstić information content (AvgIpc) is 2.13. The van der Waals surface area contributed by atoms with E-state index in [-0.39, 0.29) is 6.42 Å².